The highest BCUT2D eigenvalue weighted by atomic mass is 32.2. The minimum absolute atomic E-state index is 0.185. The first-order chi connectivity index (χ1) is 10.2. The van der Waals surface area contributed by atoms with Gasteiger partial charge in [0.05, 0.1) is 6.10 Å². The second kappa shape index (κ2) is 8.44. The number of thioether (sulfide) groups is 1. The van der Waals surface area contributed by atoms with Gasteiger partial charge in [-0.05, 0) is 38.4 Å². The van der Waals surface area contributed by atoms with Gasteiger partial charge in [0, 0.05) is 37.4 Å². The van der Waals surface area contributed by atoms with E-state index >= 15 is 0 Å². The van der Waals surface area contributed by atoms with Crippen molar-refractivity contribution in [1.29, 1.82) is 0 Å². The Hall–Kier alpha value is -0.420. The van der Waals surface area contributed by atoms with Gasteiger partial charge >= 0.3 is 0 Å². The molecule has 0 bridgehead atoms. The molecule has 22 heavy (non-hydrogen) atoms. The fourth-order valence-corrected chi connectivity index (χ4v) is 3.04. The van der Waals surface area contributed by atoms with E-state index in [9.17, 15) is 0 Å². The van der Waals surface area contributed by atoms with Crippen LogP contribution in [-0.2, 0) is 4.74 Å². The van der Waals surface area contributed by atoms with E-state index in [2.05, 4.69) is 56.5 Å². The molecule has 1 aliphatic rings. The number of aliphatic imine (C=N–C) groups is 1. The molecule has 1 fully saturated rings. The van der Waals surface area contributed by atoms with Crippen LogP contribution in [0.1, 0.15) is 47.5 Å². The molecule has 2 N–H and O–H groups in total. The van der Waals surface area contributed by atoms with Gasteiger partial charge in [0.2, 0.25) is 0 Å². The SMILES string of the molecule is CN=C(NCC1CCCOC1C(C)(C)C)NCC(C)(C)SC. The van der Waals surface area contributed by atoms with Crippen molar-refractivity contribution >= 4 is 17.7 Å². The fraction of sp³-hybridized carbons (Fsp3) is 0.941. The predicted octanol–water partition coefficient (Wildman–Crippen LogP) is 3.13. The molecular formula is C17H35N3OS. The first kappa shape index (κ1) is 19.6. The van der Waals surface area contributed by atoms with Crippen LogP contribution in [-0.4, -0.2) is 49.8 Å². The molecule has 4 nitrogen and oxygen atoms in total. The van der Waals surface area contributed by atoms with Gasteiger partial charge < -0.3 is 15.4 Å². The Balaban J connectivity index is 2.51. The highest BCUT2D eigenvalue weighted by molar-refractivity contribution is 7.99. The maximum Gasteiger partial charge on any atom is 0.191 e. The highest BCUT2D eigenvalue weighted by Crippen LogP contribution is 2.33. The molecule has 130 valence electrons. The molecule has 0 amide bonds. The Labute approximate surface area is 141 Å². The monoisotopic (exact) mass is 329 g/mol. The molecule has 0 aromatic rings. The lowest BCUT2D eigenvalue weighted by atomic mass is 9.78. The van der Waals surface area contributed by atoms with Crippen molar-refractivity contribution in [1.82, 2.24) is 10.6 Å². The third kappa shape index (κ3) is 6.37. The van der Waals surface area contributed by atoms with Crippen molar-refractivity contribution in [3.8, 4) is 0 Å². The van der Waals surface area contributed by atoms with Gasteiger partial charge in [-0.2, -0.15) is 11.8 Å². The molecule has 0 aromatic heterocycles. The maximum absolute atomic E-state index is 6.05. The summed E-state index contributed by atoms with van der Waals surface area (Å²) in [6.07, 6.45) is 4.84. The molecule has 0 saturated carbocycles. The molecule has 0 radical (unpaired) electrons. The van der Waals surface area contributed by atoms with Crippen LogP contribution in [0.25, 0.3) is 0 Å². The molecule has 1 heterocycles. The number of nitrogens with zero attached hydrogens (tertiary/aromatic N) is 1. The van der Waals surface area contributed by atoms with Crippen molar-refractivity contribution in [2.24, 2.45) is 16.3 Å². The van der Waals surface area contributed by atoms with Crippen molar-refractivity contribution < 1.29 is 4.74 Å². The first-order valence-corrected chi connectivity index (χ1v) is 9.53. The normalized spacial score (nSPS) is 24.2. The molecular weight excluding hydrogens is 294 g/mol. The molecule has 1 rings (SSSR count). The summed E-state index contributed by atoms with van der Waals surface area (Å²) >= 11 is 1.86. The molecule has 2 unspecified atom stereocenters. The zero-order valence-corrected chi connectivity index (χ0v) is 16.3. The lowest BCUT2D eigenvalue weighted by Gasteiger charge is -2.40. The van der Waals surface area contributed by atoms with E-state index in [4.69, 9.17) is 4.74 Å². The summed E-state index contributed by atoms with van der Waals surface area (Å²) in [7, 11) is 1.83. The van der Waals surface area contributed by atoms with Gasteiger partial charge in [-0.15, -0.1) is 0 Å². The summed E-state index contributed by atoms with van der Waals surface area (Å²) in [5.41, 5.74) is 0.185. The van der Waals surface area contributed by atoms with E-state index in [0.29, 0.717) is 12.0 Å². The number of hydrogen-bond donors (Lipinski definition) is 2. The molecule has 0 spiro atoms. The van der Waals surface area contributed by atoms with Gasteiger partial charge in [0.15, 0.2) is 5.96 Å². The van der Waals surface area contributed by atoms with Crippen LogP contribution in [0.15, 0.2) is 4.99 Å². The lowest BCUT2D eigenvalue weighted by Crippen LogP contribution is -2.49. The third-order valence-electron chi connectivity index (χ3n) is 4.29. The molecule has 0 aliphatic carbocycles. The van der Waals surface area contributed by atoms with E-state index < -0.39 is 0 Å². The van der Waals surface area contributed by atoms with E-state index in [-0.39, 0.29) is 10.2 Å². The predicted molar refractivity (Wildman–Crippen MR) is 98.9 cm³/mol. The molecule has 1 saturated heterocycles. The summed E-state index contributed by atoms with van der Waals surface area (Å²) in [6, 6.07) is 0. The Morgan fingerprint density at radius 3 is 2.45 bits per heavy atom. The summed E-state index contributed by atoms with van der Waals surface area (Å²) in [4.78, 5) is 4.34. The smallest absolute Gasteiger partial charge is 0.191 e. The van der Waals surface area contributed by atoms with Gasteiger partial charge in [-0.1, -0.05) is 20.8 Å². The van der Waals surface area contributed by atoms with Gasteiger partial charge in [-0.3, -0.25) is 4.99 Å². The van der Waals surface area contributed by atoms with Gasteiger partial charge in [0.25, 0.3) is 0 Å². The summed E-state index contributed by atoms with van der Waals surface area (Å²) in [5.74, 6) is 1.43. The van der Waals surface area contributed by atoms with Crippen molar-refractivity contribution in [2.75, 3.05) is 33.0 Å². The third-order valence-corrected chi connectivity index (χ3v) is 5.54. The average Bonchev–Trinajstić information content (AvgIpc) is 2.47. The van der Waals surface area contributed by atoms with Gasteiger partial charge in [-0.25, -0.2) is 0 Å². The van der Waals surface area contributed by atoms with Crippen molar-refractivity contribution in [3.63, 3.8) is 0 Å². The molecule has 0 aromatic carbocycles. The second-order valence-electron chi connectivity index (χ2n) is 7.83. The zero-order valence-electron chi connectivity index (χ0n) is 15.5. The van der Waals surface area contributed by atoms with E-state index in [1.165, 1.54) is 6.42 Å². The Kier molecular flexibility index (Phi) is 7.53. The van der Waals surface area contributed by atoms with Crippen molar-refractivity contribution in [3.05, 3.63) is 0 Å². The zero-order chi connectivity index (χ0) is 16.8. The highest BCUT2D eigenvalue weighted by Gasteiger charge is 2.35. The van der Waals surface area contributed by atoms with Crippen LogP contribution in [0.3, 0.4) is 0 Å². The Bertz CT molecular complexity index is 363. The van der Waals surface area contributed by atoms with Crippen LogP contribution in [0, 0.1) is 11.3 Å². The quantitative estimate of drug-likeness (QED) is 0.601. The number of guanidine groups is 1. The summed E-state index contributed by atoms with van der Waals surface area (Å²) < 4.78 is 6.26. The lowest BCUT2D eigenvalue weighted by molar-refractivity contribution is -0.0835. The number of ether oxygens (including phenoxy) is 1. The van der Waals surface area contributed by atoms with E-state index in [1.54, 1.807) is 0 Å². The molecule has 1 aliphatic heterocycles. The standard InChI is InChI=1S/C17H35N3OS/c1-16(2,3)14-13(9-8-10-21-14)11-19-15(18-6)20-12-17(4,5)22-7/h13-14H,8-12H2,1-7H3,(H2,18,19,20). The Morgan fingerprint density at radius 2 is 1.91 bits per heavy atom. The molecule has 2 atom stereocenters. The van der Waals surface area contributed by atoms with Crippen molar-refractivity contribution in [2.45, 2.75) is 58.3 Å². The maximum atomic E-state index is 6.05. The van der Waals surface area contributed by atoms with E-state index in [0.717, 1.165) is 32.1 Å². The van der Waals surface area contributed by atoms with Crippen LogP contribution in [0.2, 0.25) is 0 Å². The first-order valence-electron chi connectivity index (χ1n) is 8.31. The topological polar surface area (TPSA) is 45.7 Å². The van der Waals surface area contributed by atoms with Gasteiger partial charge in [0.1, 0.15) is 0 Å². The second-order valence-corrected chi connectivity index (χ2v) is 9.34. The summed E-state index contributed by atoms with van der Waals surface area (Å²) in [5, 5.41) is 6.92. The number of hydrogen-bond acceptors (Lipinski definition) is 3. The number of nitrogens with one attached hydrogen (secondary N) is 2. The van der Waals surface area contributed by atoms with Crippen LogP contribution in [0.4, 0.5) is 0 Å². The van der Waals surface area contributed by atoms with Crippen LogP contribution < -0.4 is 10.6 Å². The minimum Gasteiger partial charge on any atom is -0.377 e. The summed E-state index contributed by atoms with van der Waals surface area (Å²) in [6.45, 7) is 14.0. The largest absolute Gasteiger partial charge is 0.377 e. The average molecular weight is 330 g/mol. The minimum atomic E-state index is 0.185. The van der Waals surface area contributed by atoms with Crippen LogP contribution in [0.5, 0.6) is 0 Å². The Morgan fingerprint density at radius 1 is 1.23 bits per heavy atom. The number of rotatable bonds is 5. The van der Waals surface area contributed by atoms with Crippen LogP contribution >= 0.6 is 11.8 Å². The van der Waals surface area contributed by atoms with E-state index in [1.807, 2.05) is 18.8 Å². The molecule has 5 heteroatoms. The fourth-order valence-electron chi connectivity index (χ4n) is 2.83.